The highest BCUT2D eigenvalue weighted by Gasteiger charge is 2.21. The van der Waals surface area contributed by atoms with E-state index in [1.165, 1.54) is 0 Å². The van der Waals surface area contributed by atoms with Crippen LogP contribution in [-0.2, 0) is 9.53 Å². The van der Waals surface area contributed by atoms with Crippen LogP contribution in [0.5, 0.6) is 0 Å². The quantitative estimate of drug-likeness (QED) is 0.459. The third-order valence-electron chi connectivity index (χ3n) is 3.15. The molecule has 0 saturated heterocycles. The van der Waals surface area contributed by atoms with E-state index in [-0.39, 0.29) is 17.9 Å². The number of hydrogen-bond donors (Lipinski definition) is 2. The summed E-state index contributed by atoms with van der Waals surface area (Å²) in [6.45, 7) is 8.71. The Hall–Kier alpha value is -0.720. The van der Waals surface area contributed by atoms with Gasteiger partial charge in [0.2, 0.25) is 5.91 Å². The largest absolute Gasteiger partial charge is 0.393 e. The summed E-state index contributed by atoms with van der Waals surface area (Å²) in [5.41, 5.74) is 5.62. The summed E-state index contributed by atoms with van der Waals surface area (Å²) in [6.07, 6.45) is 0.824. The molecule has 0 radical (unpaired) electrons. The van der Waals surface area contributed by atoms with Crippen LogP contribution >= 0.6 is 12.2 Å². The molecule has 112 valence electrons. The van der Waals surface area contributed by atoms with Gasteiger partial charge in [-0.1, -0.05) is 26.1 Å². The number of nitrogens with two attached hydrogens (primary N) is 1. The highest BCUT2D eigenvalue weighted by molar-refractivity contribution is 7.80. The zero-order valence-corrected chi connectivity index (χ0v) is 13.3. The zero-order chi connectivity index (χ0) is 14.8. The number of hydrogen-bond acceptors (Lipinski definition) is 4. The standard InChI is InChI=1S/C13H27N3O2S/c1-5-16(9-10(2)12(14)19)11(3)13(17)15-7-6-8-18-4/h10-11H,5-9H2,1-4H3,(H2,14,19)(H,15,17). The molecule has 0 bridgehead atoms. The number of methoxy groups -OCH3 is 1. The molecule has 0 aromatic rings. The van der Waals surface area contributed by atoms with Crippen LogP contribution in [0.2, 0.25) is 0 Å². The molecule has 0 aliphatic carbocycles. The van der Waals surface area contributed by atoms with Gasteiger partial charge in [0.1, 0.15) is 0 Å². The molecule has 0 aromatic heterocycles. The summed E-state index contributed by atoms with van der Waals surface area (Å²) >= 11 is 4.97. The number of thiocarbonyl (C=S) groups is 1. The van der Waals surface area contributed by atoms with E-state index < -0.39 is 0 Å². The van der Waals surface area contributed by atoms with E-state index in [0.717, 1.165) is 13.0 Å². The molecule has 5 nitrogen and oxygen atoms in total. The fraction of sp³-hybridized carbons (Fsp3) is 0.846. The van der Waals surface area contributed by atoms with Gasteiger partial charge in [0.25, 0.3) is 0 Å². The topological polar surface area (TPSA) is 67.6 Å². The third kappa shape index (κ3) is 7.44. The van der Waals surface area contributed by atoms with Gasteiger partial charge in [-0.05, 0) is 19.9 Å². The number of likely N-dealkylation sites (N-methyl/N-ethyl adjacent to an activating group) is 1. The van der Waals surface area contributed by atoms with Crippen molar-refractivity contribution in [3.8, 4) is 0 Å². The van der Waals surface area contributed by atoms with Gasteiger partial charge in [0, 0.05) is 32.7 Å². The maximum Gasteiger partial charge on any atom is 0.237 e. The summed E-state index contributed by atoms with van der Waals surface area (Å²) in [4.78, 5) is 14.6. The van der Waals surface area contributed by atoms with Gasteiger partial charge in [0.15, 0.2) is 0 Å². The lowest BCUT2D eigenvalue weighted by atomic mass is 10.1. The minimum Gasteiger partial charge on any atom is -0.393 e. The Kier molecular flexibility index (Phi) is 9.73. The van der Waals surface area contributed by atoms with Crippen LogP contribution in [0.3, 0.4) is 0 Å². The number of nitrogens with zero attached hydrogens (tertiary/aromatic N) is 1. The molecule has 0 aromatic carbocycles. The first-order chi connectivity index (χ1) is 8.93. The molecule has 0 aliphatic heterocycles. The SMILES string of the molecule is CCN(CC(C)C(N)=S)C(C)C(=O)NCCCOC. The molecule has 1 amide bonds. The molecule has 6 heteroatoms. The highest BCUT2D eigenvalue weighted by atomic mass is 32.1. The molecule has 2 unspecified atom stereocenters. The van der Waals surface area contributed by atoms with E-state index in [9.17, 15) is 4.79 Å². The van der Waals surface area contributed by atoms with Crippen molar-refractivity contribution < 1.29 is 9.53 Å². The van der Waals surface area contributed by atoms with Crippen LogP contribution in [0.1, 0.15) is 27.2 Å². The summed E-state index contributed by atoms with van der Waals surface area (Å²) in [5.74, 6) is 0.145. The average Bonchev–Trinajstić information content (AvgIpc) is 2.39. The maximum absolute atomic E-state index is 12.0. The second kappa shape index (κ2) is 10.1. The predicted molar refractivity (Wildman–Crippen MR) is 82.2 cm³/mol. The number of nitrogens with one attached hydrogen (secondary N) is 1. The lowest BCUT2D eigenvalue weighted by Crippen LogP contribution is -2.48. The van der Waals surface area contributed by atoms with Gasteiger partial charge in [0.05, 0.1) is 11.0 Å². The molecule has 2 atom stereocenters. The van der Waals surface area contributed by atoms with E-state index >= 15 is 0 Å². The van der Waals surface area contributed by atoms with Gasteiger partial charge >= 0.3 is 0 Å². The lowest BCUT2D eigenvalue weighted by Gasteiger charge is -2.29. The van der Waals surface area contributed by atoms with Crippen LogP contribution < -0.4 is 11.1 Å². The van der Waals surface area contributed by atoms with Gasteiger partial charge < -0.3 is 15.8 Å². The fourth-order valence-corrected chi connectivity index (χ4v) is 1.82. The molecule has 0 saturated carbocycles. The van der Waals surface area contributed by atoms with Crippen molar-refractivity contribution in [2.24, 2.45) is 11.7 Å². The zero-order valence-electron chi connectivity index (χ0n) is 12.4. The third-order valence-corrected chi connectivity index (χ3v) is 3.55. The van der Waals surface area contributed by atoms with Crippen LogP contribution in [0.15, 0.2) is 0 Å². The predicted octanol–water partition coefficient (Wildman–Crippen LogP) is 0.772. The fourth-order valence-electron chi connectivity index (χ4n) is 1.74. The first kappa shape index (κ1) is 18.3. The van der Waals surface area contributed by atoms with Gasteiger partial charge in [-0.2, -0.15) is 0 Å². The smallest absolute Gasteiger partial charge is 0.237 e. The van der Waals surface area contributed by atoms with Gasteiger partial charge in [-0.15, -0.1) is 0 Å². The Balaban J connectivity index is 4.21. The molecule has 0 heterocycles. The molecule has 0 rings (SSSR count). The van der Waals surface area contributed by atoms with Crippen LogP contribution in [-0.4, -0.2) is 55.2 Å². The van der Waals surface area contributed by atoms with Crippen LogP contribution in [0.4, 0.5) is 0 Å². The molecule has 0 fully saturated rings. The Labute approximate surface area is 121 Å². The Bertz CT molecular complexity index is 287. The molecular formula is C13H27N3O2S. The van der Waals surface area contributed by atoms with Gasteiger partial charge in [-0.3, -0.25) is 9.69 Å². The van der Waals surface area contributed by atoms with Crippen LogP contribution in [0.25, 0.3) is 0 Å². The van der Waals surface area contributed by atoms with Gasteiger partial charge in [-0.25, -0.2) is 0 Å². The van der Waals surface area contributed by atoms with Crippen molar-refractivity contribution in [1.29, 1.82) is 0 Å². The lowest BCUT2D eigenvalue weighted by molar-refractivity contribution is -0.126. The first-order valence-electron chi connectivity index (χ1n) is 6.74. The number of carbonyl (C=O) groups is 1. The number of carbonyl (C=O) groups excluding carboxylic acids is 1. The number of amides is 1. The summed E-state index contributed by atoms with van der Waals surface area (Å²) < 4.78 is 4.94. The average molecular weight is 289 g/mol. The van der Waals surface area contributed by atoms with Crippen molar-refractivity contribution >= 4 is 23.1 Å². The van der Waals surface area contributed by atoms with E-state index in [0.29, 0.717) is 24.7 Å². The van der Waals surface area contributed by atoms with E-state index in [1.807, 2.05) is 20.8 Å². The summed E-state index contributed by atoms with van der Waals surface area (Å²) in [5, 5.41) is 2.91. The summed E-state index contributed by atoms with van der Waals surface area (Å²) in [7, 11) is 1.65. The summed E-state index contributed by atoms with van der Waals surface area (Å²) in [6, 6.07) is -0.177. The molecule has 19 heavy (non-hydrogen) atoms. The highest BCUT2D eigenvalue weighted by Crippen LogP contribution is 2.05. The normalized spacial score (nSPS) is 14.2. The second-order valence-electron chi connectivity index (χ2n) is 4.70. The first-order valence-corrected chi connectivity index (χ1v) is 7.14. The Morgan fingerprint density at radius 3 is 2.58 bits per heavy atom. The molecular weight excluding hydrogens is 262 g/mol. The monoisotopic (exact) mass is 289 g/mol. The van der Waals surface area contributed by atoms with Crippen LogP contribution in [0, 0.1) is 5.92 Å². The van der Waals surface area contributed by atoms with E-state index in [4.69, 9.17) is 22.7 Å². The molecule has 3 N–H and O–H groups in total. The van der Waals surface area contributed by atoms with E-state index in [1.54, 1.807) is 7.11 Å². The van der Waals surface area contributed by atoms with Crippen molar-refractivity contribution in [3.63, 3.8) is 0 Å². The number of rotatable bonds is 10. The minimum absolute atomic E-state index is 0.0353. The molecule has 0 spiro atoms. The maximum atomic E-state index is 12.0. The van der Waals surface area contributed by atoms with Crippen molar-refractivity contribution in [2.75, 3.05) is 33.4 Å². The minimum atomic E-state index is -0.177. The molecule has 0 aliphatic rings. The Morgan fingerprint density at radius 1 is 1.47 bits per heavy atom. The van der Waals surface area contributed by atoms with E-state index in [2.05, 4.69) is 10.2 Å². The number of ether oxygens (including phenoxy) is 1. The van der Waals surface area contributed by atoms with Crippen molar-refractivity contribution in [2.45, 2.75) is 33.2 Å². The van der Waals surface area contributed by atoms with Crippen molar-refractivity contribution in [1.82, 2.24) is 10.2 Å². The Morgan fingerprint density at radius 2 is 2.11 bits per heavy atom. The van der Waals surface area contributed by atoms with Crippen molar-refractivity contribution in [3.05, 3.63) is 0 Å². The second-order valence-corrected chi connectivity index (χ2v) is 5.18.